The molecule has 2 N–H and O–H groups in total. The van der Waals surface area contributed by atoms with Crippen LogP contribution in [0.2, 0.25) is 0 Å². The number of benzene rings is 1. The standard InChI is InChI=1S/C15H24N2/c1-11-6-5-7-13-8-12(9-16-14(11)13)10-17-15(2,3)4/h5-7,12,16-17H,8-10H2,1-4H3. The summed E-state index contributed by atoms with van der Waals surface area (Å²) in [6, 6.07) is 6.59. The first-order valence-electron chi connectivity index (χ1n) is 6.53. The summed E-state index contributed by atoms with van der Waals surface area (Å²) < 4.78 is 0. The molecule has 0 bridgehead atoms. The molecule has 0 aliphatic carbocycles. The Balaban J connectivity index is 1.99. The first kappa shape index (κ1) is 12.4. The molecule has 1 unspecified atom stereocenters. The molecule has 2 heteroatoms. The quantitative estimate of drug-likeness (QED) is 0.819. The molecule has 1 heterocycles. The second-order valence-electron chi connectivity index (χ2n) is 6.19. The molecule has 2 nitrogen and oxygen atoms in total. The van der Waals surface area contributed by atoms with E-state index >= 15 is 0 Å². The van der Waals surface area contributed by atoms with Crippen LogP contribution in [-0.4, -0.2) is 18.6 Å². The fraction of sp³-hybridized carbons (Fsp3) is 0.600. The maximum atomic E-state index is 3.60. The molecule has 0 radical (unpaired) electrons. The van der Waals surface area contributed by atoms with Gasteiger partial charge in [0.1, 0.15) is 0 Å². The number of hydrogen-bond acceptors (Lipinski definition) is 2. The Bertz CT molecular complexity index is 390. The topological polar surface area (TPSA) is 24.1 Å². The summed E-state index contributed by atoms with van der Waals surface area (Å²) in [7, 11) is 0. The lowest BCUT2D eigenvalue weighted by Gasteiger charge is -2.30. The van der Waals surface area contributed by atoms with Crippen molar-refractivity contribution >= 4 is 5.69 Å². The zero-order valence-electron chi connectivity index (χ0n) is 11.4. The summed E-state index contributed by atoms with van der Waals surface area (Å²) in [6.07, 6.45) is 1.19. The second kappa shape index (κ2) is 4.69. The van der Waals surface area contributed by atoms with E-state index in [0.717, 1.165) is 13.1 Å². The van der Waals surface area contributed by atoms with Gasteiger partial charge in [0, 0.05) is 24.3 Å². The van der Waals surface area contributed by atoms with Crippen LogP contribution < -0.4 is 10.6 Å². The molecule has 2 rings (SSSR count). The highest BCUT2D eigenvalue weighted by Crippen LogP contribution is 2.27. The Labute approximate surface area is 105 Å². The number of hydrogen-bond donors (Lipinski definition) is 2. The summed E-state index contributed by atoms with van der Waals surface area (Å²) >= 11 is 0. The van der Waals surface area contributed by atoms with Crippen molar-refractivity contribution in [2.75, 3.05) is 18.4 Å². The molecule has 1 aromatic rings. The third kappa shape index (κ3) is 3.22. The molecule has 1 aliphatic rings. The number of rotatable bonds is 2. The number of para-hydroxylation sites is 1. The van der Waals surface area contributed by atoms with E-state index in [1.54, 1.807) is 0 Å². The van der Waals surface area contributed by atoms with Crippen LogP contribution in [0.5, 0.6) is 0 Å². The summed E-state index contributed by atoms with van der Waals surface area (Å²) in [5.41, 5.74) is 4.41. The van der Waals surface area contributed by atoms with E-state index in [-0.39, 0.29) is 5.54 Å². The molecule has 0 saturated carbocycles. The predicted molar refractivity (Wildman–Crippen MR) is 74.6 cm³/mol. The average molecular weight is 232 g/mol. The van der Waals surface area contributed by atoms with Crippen molar-refractivity contribution in [2.24, 2.45) is 5.92 Å². The van der Waals surface area contributed by atoms with Gasteiger partial charge in [-0.15, -0.1) is 0 Å². The highest BCUT2D eigenvalue weighted by Gasteiger charge is 2.20. The smallest absolute Gasteiger partial charge is 0.0402 e. The lowest BCUT2D eigenvalue weighted by molar-refractivity contribution is 0.373. The van der Waals surface area contributed by atoms with Crippen molar-refractivity contribution in [1.29, 1.82) is 0 Å². The van der Waals surface area contributed by atoms with Crippen LogP contribution in [0.25, 0.3) is 0 Å². The highest BCUT2D eigenvalue weighted by atomic mass is 15.0. The summed E-state index contributed by atoms with van der Waals surface area (Å²) in [5, 5.41) is 7.17. The van der Waals surface area contributed by atoms with Gasteiger partial charge in [0.05, 0.1) is 0 Å². The Morgan fingerprint density at radius 2 is 2.12 bits per heavy atom. The van der Waals surface area contributed by atoms with Gasteiger partial charge in [0.15, 0.2) is 0 Å². The van der Waals surface area contributed by atoms with Crippen LogP contribution in [0, 0.1) is 12.8 Å². The SMILES string of the molecule is Cc1cccc2c1NCC(CNC(C)(C)C)C2. The van der Waals surface area contributed by atoms with E-state index in [0.29, 0.717) is 5.92 Å². The molecule has 0 aromatic heterocycles. The molecule has 0 fully saturated rings. The lowest BCUT2D eigenvalue weighted by atomic mass is 9.91. The molecular formula is C15H24N2. The summed E-state index contributed by atoms with van der Waals surface area (Å²) in [6.45, 7) is 11.0. The van der Waals surface area contributed by atoms with Crippen molar-refractivity contribution in [2.45, 2.75) is 39.7 Å². The van der Waals surface area contributed by atoms with Gasteiger partial charge >= 0.3 is 0 Å². The molecule has 17 heavy (non-hydrogen) atoms. The third-order valence-corrected chi connectivity index (χ3v) is 3.36. The fourth-order valence-corrected chi connectivity index (χ4v) is 2.38. The van der Waals surface area contributed by atoms with Gasteiger partial charge < -0.3 is 10.6 Å². The summed E-state index contributed by atoms with van der Waals surface area (Å²) in [4.78, 5) is 0. The second-order valence-corrected chi connectivity index (χ2v) is 6.19. The maximum absolute atomic E-state index is 3.60. The van der Waals surface area contributed by atoms with E-state index < -0.39 is 0 Å². The van der Waals surface area contributed by atoms with E-state index in [4.69, 9.17) is 0 Å². The van der Waals surface area contributed by atoms with E-state index in [9.17, 15) is 0 Å². The van der Waals surface area contributed by atoms with E-state index in [1.807, 2.05) is 0 Å². The zero-order valence-corrected chi connectivity index (χ0v) is 11.4. The maximum Gasteiger partial charge on any atom is 0.0402 e. The minimum atomic E-state index is 0.215. The van der Waals surface area contributed by atoms with Crippen molar-refractivity contribution < 1.29 is 0 Å². The van der Waals surface area contributed by atoms with Crippen LogP contribution in [0.4, 0.5) is 5.69 Å². The molecule has 0 saturated heterocycles. The minimum absolute atomic E-state index is 0.215. The van der Waals surface area contributed by atoms with Gasteiger partial charge in [-0.2, -0.15) is 0 Å². The first-order valence-corrected chi connectivity index (χ1v) is 6.53. The number of aryl methyl sites for hydroxylation is 1. The summed E-state index contributed by atoms with van der Waals surface area (Å²) in [5.74, 6) is 0.698. The van der Waals surface area contributed by atoms with E-state index in [1.165, 1.54) is 23.2 Å². The van der Waals surface area contributed by atoms with Gasteiger partial charge in [0.2, 0.25) is 0 Å². The molecular weight excluding hydrogens is 208 g/mol. The number of fused-ring (bicyclic) bond motifs is 1. The lowest BCUT2D eigenvalue weighted by Crippen LogP contribution is -2.42. The van der Waals surface area contributed by atoms with Crippen molar-refractivity contribution in [3.63, 3.8) is 0 Å². The Morgan fingerprint density at radius 1 is 1.35 bits per heavy atom. The zero-order chi connectivity index (χ0) is 12.5. The third-order valence-electron chi connectivity index (χ3n) is 3.36. The first-order chi connectivity index (χ1) is 7.96. The molecule has 1 atom stereocenters. The number of anilines is 1. The van der Waals surface area contributed by atoms with Crippen LogP contribution in [0.1, 0.15) is 31.9 Å². The average Bonchev–Trinajstić information content (AvgIpc) is 2.26. The Morgan fingerprint density at radius 3 is 2.82 bits per heavy atom. The van der Waals surface area contributed by atoms with Crippen molar-refractivity contribution in [3.8, 4) is 0 Å². The van der Waals surface area contributed by atoms with Gasteiger partial charge in [-0.1, -0.05) is 18.2 Å². The normalized spacial score (nSPS) is 19.6. The largest absolute Gasteiger partial charge is 0.384 e. The predicted octanol–water partition coefficient (Wildman–Crippen LogP) is 2.97. The molecule has 1 aromatic carbocycles. The minimum Gasteiger partial charge on any atom is -0.384 e. The Kier molecular flexibility index (Phi) is 3.43. The molecule has 0 amide bonds. The molecule has 1 aliphatic heterocycles. The number of nitrogens with one attached hydrogen (secondary N) is 2. The molecule has 0 spiro atoms. The van der Waals surface area contributed by atoms with Gasteiger partial charge in [-0.3, -0.25) is 0 Å². The van der Waals surface area contributed by atoms with Crippen molar-refractivity contribution in [3.05, 3.63) is 29.3 Å². The van der Waals surface area contributed by atoms with Crippen LogP contribution in [0.15, 0.2) is 18.2 Å². The van der Waals surface area contributed by atoms with Crippen LogP contribution in [0.3, 0.4) is 0 Å². The van der Waals surface area contributed by atoms with E-state index in [2.05, 4.69) is 56.5 Å². The van der Waals surface area contributed by atoms with Gasteiger partial charge in [-0.05, 0) is 51.2 Å². The van der Waals surface area contributed by atoms with Crippen LogP contribution in [-0.2, 0) is 6.42 Å². The monoisotopic (exact) mass is 232 g/mol. The highest BCUT2D eigenvalue weighted by molar-refractivity contribution is 5.58. The van der Waals surface area contributed by atoms with Crippen LogP contribution >= 0.6 is 0 Å². The fourth-order valence-electron chi connectivity index (χ4n) is 2.38. The molecule has 94 valence electrons. The Hall–Kier alpha value is -1.02. The van der Waals surface area contributed by atoms with Gasteiger partial charge in [0.25, 0.3) is 0 Å². The van der Waals surface area contributed by atoms with Crippen molar-refractivity contribution in [1.82, 2.24) is 5.32 Å². The van der Waals surface area contributed by atoms with Gasteiger partial charge in [-0.25, -0.2) is 0 Å².